The number of methoxy groups -OCH3 is 1. The fourth-order valence-electron chi connectivity index (χ4n) is 5.33. The predicted molar refractivity (Wildman–Crippen MR) is 129 cm³/mol. The van der Waals surface area contributed by atoms with Crippen LogP contribution in [0.1, 0.15) is 54.2 Å². The van der Waals surface area contributed by atoms with Crippen molar-refractivity contribution in [2.24, 2.45) is 11.8 Å². The lowest BCUT2D eigenvalue weighted by Crippen LogP contribution is -2.41. The summed E-state index contributed by atoms with van der Waals surface area (Å²) in [5.41, 5.74) is 2.36. The minimum atomic E-state index is -0.606. The normalized spacial score (nSPS) is 22.8. The van der Waals surface area contributed by atoms with Gasteiger partial charge in [0.2, 0.25) is 5.91 Å². The number of piperidine rings is 1. The summed E-state index contributed by atoms with van der Waals surface area (Å²) in [5.74, 6) is 2.02. The minimum absolute atomic E-state index is 0.0992. The number of hydrogen-bond donors (Lipinski definition) is 1. The van der Waals surface area contributed by atoms with Crippen LogP contribution in [0.3, 0.4) is 0 Å². The fourth-order valence-corrected chi connectivity index (χ4v) is 5.33. The van der Waals surface area contributed by atoms with E-state index in [0.717, 1.165) is 54.8 Å². The molecule has 0 radical (unpaired) electrons. The van der Waals surface area contributed by atoms with Crippen LogP contribution in [0.5, 0.6) is 5.75 Å². The Morgan fingerprint density at radius 3 is 2.45 bits per heavy atom. The Morgan fingerprint density at radius 2 is 1.76 bits per heavy atom. The summed E-state index contributed by atoms with van der Waals surface area (Å²) in [5, 5.41) is 3.10. The standard InChI is InChI=1S/C27H35N3O3/c1-19-15-20(2)17-29(16-19)14-6-13-28-26(31)25-23-7-4-5-8-24(23)27(32)30(25)18-21-9-11-22(33-3)12-10-21/h4-5,7-12,19-20,25H,6,13-18H2,1-3H3,(H,28,31)/t19-,20+,25-/m0/s1. The Balaban J connectivity index is 1.40. The van der Waals surface area contributed by atoms with Gasteiger partial charge in [-0.05, 0) is 60.5 Å². The highest BCUT2D eigenvalue weighted by Gasteiger charge is 2.40. The molecule has 2 aliphatic heterocycles. The van der Waals surface area contributed by atoms with Crippen molar-refractivity contribution in [2.75, 3.05) is 33.3 Å². The van der Waals surface area contributed by atoms with Crippen molar-refractivity contribution >= 4 is 11.8 Å². The monoisotopic (exact) mass is 449 g/mol. The molecule has 2 aromatic carbocycles. The topological polar surface area (TPSA) is 61.9 Å². The van der Waals surface area contributed by atoms with Crippen LogP contribution in [0.15, 0.2) is 48.5 Å². The first-order valence-electron chi connectivity index (χ1n) is 12.0. The van der Waals surface area contributed by atoms with Gasteiger partial charge < -0.3 is 19.9 Å². The smallest absolute Gasteiger partial charge is 0.255 e. The van der Waals surface area contributed by atoms with Gasteiger partial charge in [0.1, 0.15) is 11.8 Å². The quantitative estimate of drug-likeness (QED) is 0.622. The molecule has 176 valence electrons. The molecule has 1 fully saturated rings. The van der Waals surface area contributed by atoms with Gasteiger partial charge in [-0.15, -0.1) is 0 Å². The molecule has 6 nitrogen and oxygen atoms in total. The van der Waals surface area contributed by atoms with Gasteiger partial charge in [0.25, 0.3) is 5.91 Å². The van der Waals surface area contributed by atoms with Crippen LogP contribution < -0.4 is 10.1 Å². The first-order chi connectivity index (χ1) is 16.0. The van der Waals surface area contributed by atoms with Crippen molar-refractivity contribution in [2.45, 2.75) is 39.3 Å². The maximum Gasteiger partial charge on any atom is 0.255 e. The molecule has 0 aliphatic carbocycles. The maximum absolute atomic E-state index is 13.3. The van der Waals surface area contributed by atoms with E-state index >= 15 is 0 Å². The lowest BCUT2D eigenvalue weighted by molar-refractivity contribution is -0.125. The van der Waals surface area contributed by atoms with Crippen LogP contribution in [0.4, 0.5) is 0 Å². The van der Waals surface area contributed by atoms with Crippen LogP contribution in [0.2, 0.25) is 0 Å². The number of carbonyl (C=O) groups is 2. The van der Waals surface area contributed by atoms with Gasteiger partial charge >= 0.3 is 0 Å². The Bertz CT molecular complexity index is 965. The van der Waals surface area contributed by atoms with E-state index in [4.69, 9.17) is 4.74 Å². The Kier molecular flexibility index (Phi) is 7.33. The third-order valence-electron chi connectivity index (χ3n) is 6.71. The van der Waals surface area contributed by atoms with Crippen molar-refractivity contribution in [1.29, 1.82) is 0 Å². The molecule has 0 unspecified atom stereocenters. The SMILES string of the molecule is COc1ccc(CN2C(=O)c3ccccc3[C@H]2C(=O)NCCCN2C[C@H](C)C[C@H](C)C2)cc1. The number of amides is 2. The lowest BCUT2D eigenvalue weighted by atomic mass is 9.92. The molecule has 6 heteroatoms. The average Bonchev–Trinajstić information content (AvgIpc) is 3.08. The highest BCUT2D eigenvalue weighted by atomic mass is 16.5. The van der Waals surface area contributed by atoms with E-state index in [2.05, 4.69) is 24.1 Å². The number of nitrogens with one attached hydrogen (secondary N) is 1. The molecule has 33 heavy (non-hydrogen) atoms. The van der Waals surface area contributed by atoms with E-state index < -0.39 is 6.04 Å². The highest BCUT2D eigenvalue weighted by Crippen LogP contribution is 2.35. The molecule has 2 heterocycles. The number of ether oxygens (including phenoxy) is 1. The average molecular weight is 450 g/mol. The van der Waals surface area contributed by atoms with Crippen molar-refractivity contribution < 1.29 is 14.3 Å². The second-order valence-electron chi connectivity index (χ2n) is 9.62. The zero-order valence-electron chi connectivity index (χ0n) is 19.9. The molecular formula is C27H35N3O3. The zero-order chi connectivity index (χ0) is 23.4. The van der Waals surface area contributed by atoms with Gasteiger partial charge in [-0.25, -0.2) is 0 Å². The van der Waals surface area contributed by atoms with Gasteiger partial charge in [0.15, 0.2) is 0 Å². The molecule has 0 spiro atoms. The molecule has 4 rings (SSSR count). The Hall–Kier alpha value is -2.86. The fraction of sp³-hybridized carbons (Fsp3) is 0.481. The third-order valence-corrected chi connectivity index (χ3v) is 6.71. The maximum atomic E-state index is 13.3. The van der Waals surface area contributed by atoms with E-state index in [0.29, 0.717) is 18.7 Å². The van der Waals surface area contributed by atoms with Gasteiger partial charge in [-0.3, -0.25) is 9.59 Å². The second-order valence-corrected chi connectivity index (χ2v) is 9.62. The first kappa shape index (κ1) is 23.3. The molecule has 2 aromatic rings. The summed E-state index contributed by atoms with van der Waals surface area (Å²) in [4.78, 5) is 30.6. The molecule has 3 atom stereocenters. The number of carbonyl (C=O) groups excluding carboxylic acids is 2. The van der Waals surface area contributed by atoms with E-state index in [9.17, 15) is 9.59 Å². The molecule has 1 N–H and O–H groups in total. The molecule has 0 bridgehead atoms. The molecule has 0 saturated carbocycles. The van der Waals surface area contributed by atoms with Crippen molar-refractivity contribution in [3.8, 4) is 5.75 Å². The van der Waals surface area contributed by atoms with Crippen LogP contribution >= 0.6 is 0 Å². The van der Waals surface area contributed by atoms with Crippen LogP contribution in [0, 0.1) is 11.8 Å². The van der Waals surface area contributed by atoms with Crippen molar-refractivity contribution in [3.63, 3.8) is 0 Å². The summed E-state index contributed by atoms with van der Waals surface area (Å²) in [6.45, 7) is 8.88. The molecular weight excluding hydrogens is 414 g/mol. The minimum Gasteiger partial charge on any atom is -0.497 e. The Morgan fingerprint density at radius 1 is 1.06 bits per heavy atom. The third kappa shape index (κ3) is 5.38. The Labute approximate surface area is 196 Å². The largest absolute Gasteiger partial charge is 0.497 e. The van der Waals surface area contributed by atoms with Gasteiger partial charge in [-0.1, -0.05) is 44.2 Å². The van der Waals surface area contributed by atoms with Crippen LogP contribution in [-0.4, -0.2) is 54.9 Å². The molecule has 2 aliphatic rings. The molecule has 2 amide bonds. The van der Waals surface area contributed by atoms with E-state index in [1.807, 2.05) is 48.5 Å². The predicted octanol–water partition coefficient (Wildman–Crippen LogP) is 3.88. The van der Waals surface area contributed by atoms with Gasteiger partial charge in [-0.2, -0.15) is 0 Å². The lowest BCUT2D eigenvalue weighted by Gasteiger charge is -2.35. The zero-order valence-corrected chi connectivity index (χ0v) is 19.9. The summed E-state index contributed by atoms with van der Waals surface area (Å²) < 4.78 is 5.23. The molecule has 1 saturated heterocycles. The number of fused-ring (bicyclic) bond motifs is 1. The second kappa shape index (κ2) is 10.4. The molecule has 0 aromatic heterocycles. The number of benzene rings is 2. The number of rotatable bonds is 8. The first-order valence-corrected chi connectivity index (χ1v) is 12.0. The highest BCUT2D eigenvalue weighted by molar-refractivity contribution is 6.04. The van der Waals surface area contributed by atoms with Gasteiger partial charge in [0.05, 0.1) is 7.11 Å². The van der Waals surface area contributed by atoms with Gasteiger partial charge in [0, 0.05) is 31.7 Å². The van der Waals surface area contributed by atoms with Crippen LogP contribution in [0.25, 0.3) is 0 Å². The number of nitrogens with zero attached hydrogens (tertiary/aromatic N) is 2. The summed E-state index contributed by atoms with van der Waals surface area (Å²) >= 11 is 0. The number of likely N-dealkylation sites (tertiary alicyclic amines) is 1. The van der Waals surface area contributed by atoms with E-state index in [-0.39, 0.29) is 11.8 Å². The van der Waals surface area contributed by atoms with Crippen LogP contribution in [-0.2, 0) is 11.3 Å². The summed E-state index contributed by atoms with van der Waals surface area (Å²) in [7, 11) is 1.63. The van der Waals surface area contributed by atoms with Crippen molar-refractivity contribution in [3.05, 3.63) is 65.2 Å². The van der Waals surface area contributed by atoms with E-state index in [1.54, 1.807) is 12.0 Å². The summed E-state index contributed by atoms with van der Waals surface area (Å²) in [6.07, 6.45) is 2.21. The summed E-state index contributed by atoms with van der Waals surface area (Å²) in [6, 6.07) is 14.5. The number of hydrogen-bond acceptors (Lipinski definition) is 4. The van der Waals surface area contributed by atoms with Crippen molar-refractivity contribution in [1.82, 2.24) is 15.1 Å². The van der Waals surface area contributed by atoms with E-state index in [1.165, 1.54) is 6.42 Å².